The van der Waals surface area contributed by atoms with Gasteiger partial charge in [-0.1, -0.05) is 33.6 Å². The number of nitrogens with zero attached hydrogens (tertiary/aromatic N) is 2. The molecule has 0 bridgehead atoms. The lowest BCUT2D eigenvalue weighted by Gasteiger charge is -2.07. The maximum atomic E-state index is 11.6. The summed E-state index contributed by atoms with van der Waals surface area (Å²) in [6.45, 7) is 2.23. The molecule has 2 aromatic rings. The van der Waals surface area contributed by atoms with Crippen molar-refractivity contribution in [1.82, 2.24) is 9.78 Å². The summed E-state index contributed by atoms with van der Waals surface area (Å²) in [6, 6.07) is 8.78. The molecule has 2 rings (SSSR count). The molecule has 0 unspecified atom stereocenters. The van der Waals surface area contributed by atoms with Gasteiger partial charge < -0.3 is 0 Å². The highest BCUT2D eigenvalue weighted by atomic mass is 79.9. The molecule has 0 saturated carbocycles. The predicted octanol–water partition coefficient (Wildman–Crippen LogP) is 3.02. The fourth-order valence-corrected chi connectivity index (χ4v) is 2.21. The van der Waals surface area contributed by atoms with Crippen molar-refractivity contribution in [2.75, 3.05) is 0 Å². The van der Waals surface area contributed by atoms with Crippen LogP contribution < -0.4 is 5.56 Å². The van der Waals surface area contributed by atoms with Crippen LogP contribution in [0.15, 0.2) is 39.6 Å². The zero-order chi connectivity index (χ0) is 12.4. The third-order valence-corrected chi connectivity index (χ3v) is 3.18. The van der Waals surface area contributed by atoms with Gasteiger partial charge in [0.2, 0.25) is 0 Å². The summed E-state index contributed by atoms with van der Waals surface area (Å²) in [5.74, 6) is 0. The summed E-state index contributed by atoms with van der Waals surface area (Å²) in [5, 5.41) is 4.79. The van der Waals surface area contributed by atoms with Crippen LogP contribution in [0.25, 0.3) is 0 Å². The highest BCUT2D eigenvalue weighted by Gasteiger charge is 2.04. The SMILES string of the molecule is Cc1ccc(=O)n(Cc2ccc(Br)cc2Cl)n1. The van der Waals surface area contributed by atoms with E-state index in [-0.39, 0.29) is 5.56 Å². The maximum Gasteiger partial charge on any atom is 0.267 e. The Morgan fingerprint density at radius 2 is 2.12 bits per heavy atom. The van der Waals surface area contributed by atoms with Crippen LogP contribution >= 0.6 is 27.5 Å². The molecule has 5 heteroatoms. The van der Waals surface area contributed by atoms with Crippen molar-refractivity contribution >= 4 is 27.5 Å². The third-order valence-electron chi connectivity index (χ3n) is 2.34. The number of hydrogen-bond acceptors (Lipinski definition) is 2. The van der Waals surface area contributed by atoms with Gasteiger partial charge in [-0.2, -0.15) is 5.10 Å². The van der Waals surface area contributed by atoms with Crippen LogP contribution in [0.4, 0.5) is 0 Å². The Bertz CT molecular complexity index is 610. The van der Waals surface area contributed by atoms with E-state index in [9.17, 15) is 4.79 Å². The molecule has 0 amide bonds. The standard InChI is InChI=1S/C12H10BrClN2O/c1-8-2-5-12(17)16(15-8)7-9-3-4-10(13)6-11(9)14/h2-6H,7H2,1H3. The molecular formula is C12H10BrClN2O. The topological polar surface area (TPSA) is 34.9 Å². The summed E-state index contributed by atoms with van der Waals surface area (Å²) in [5.41, 5.74) is 1.54. The number of hydrogen-bond donors (Lipinski definition) is 0. The lowest BCUT2D eigenvalue weighted by atomic mass is 10.2. The fraction of sp³-hybridized carbons (Fsp3) is 0.167. The molecule has 0 spiro atoms. The van der Waals surface area contributed by atoms with E-state index >= 15 is 0 Å². The van der Waals surface area contributed by atoms with Crippen LogP contribution in [-0.4, -0.2) is 9.78 Å². The van der Waals surface area contributed by atoms with Crippen molar-refractivity contribution in [2.45, 2.75) is 13.5 Å². The number of halogens is 2. The second-order valence-corrected chi connectivity index (χ2v) is 5.03. The highest BCUT2D eigenvalue weighted by Crippen LogP contribution is 2.21. The van der Waals surface area contributed by atoms with E-state index < -0.39 is 0 Å². The van der Waals surface area contributed by atoms with Crippen LogP contribution in [0.5, 0.6) is 0 Å². The van der Waals surface area contributed by atoms with Gasteiger partial charge in [-0.05, 0) is 30.7 Å². The summed E-state index contributed by atoms with van der Waals surface area (Å²) in [7, 11) is 0. The Morgan fingerprint density at radius 1 is 1.35 bits per heavy atom. The van der Waals surface area contributed by atoms with Crippen molar-refractivity contribution < 1.29 is 0 Å². The second-order valence-electron chi connectivity index (χ2n) is 3.71. The van der Waals surface area contributed by atoms with Gasteiger partial charge >= 0.3 is 0 Å². The third kappa shape index (κ3) is 2.96. The fourth-order valence-electron chi connectivity index (χ4n) is 1.48. The molecule has 0 saturated heterocycles. The van der Waals surface area contributed by atoms with Crippen LogP contribution in [0.1, 0.15) is 11.3 Å². The predicted molar refractivity (Wildman–Crippen MR) is 71.5 cm³/mol. The molecule has 88 valence electrons. The Balaban J connectivity index is 2.38. The molecule has 0 aliphatic carbocycles. The first-order valence-electron chi connectivity index (χ1n) is 5.05. The molecule has 0 aliphatic heterocycles. The van der Waals surface area contributed by atoms with Gasteiger partial charge in [0.05, 0.1) is 12.2 Å². The van der Waals surface area contributed by atoms with Gasteiger partial charge in [0.1, 0.15) is 0 Å². The van der Waals surface area contributed by atoms with Gasteiger partial charge in [0, 0.05) is 15.6 Å². The van der Waals surface area contributed by atoms with Crippen LogP contribution in [-0.2, 0) is 6.54 Å². The highest BCUT2D eigenvalue weighted by molar-refractivity contribution is 9.10. The van der Waals surface area contributed by atoms with Gasteiger partial charge in [0.15, 0.2) is 0 Å². The monoisotopic (exact) mass is 312 g/mol. The summed E-state index contributed by atoms with van der Waals surface area (Å²) in [6.07, 6.45) is 0. The van der Waals surface area contributed by atoms with Crippen LogP contribution in [0.2, 0.25) is 5.02 Å². The number of aryl methyl sites for hydroxylation is 1. The molecule has 1 aromatic carbocycles. The van der Waals surface area contributed by atoms with Crippen molar-refractivity contribution in [2.24, 2.45) is 0 Å². The molecule has 1 aromatic heterocycles. The smallest absolute Gasteiger partial charge is 0.267 e. The maximum absolute atomic E-state index is 11.6. The molecule has 0 aliphatic rings. The van der Waals surface area contributed by atoms with Gasteiger partial charge in [-0.3, -0.25) is 4.79 Å². The molecule has 1 heterocycles. The normalized spacial score (nSPS) is 10.5. The Morgan fingerprint density at radius 3 is 2.82 bits per heavy atom. The second kappa shape index (κ2) is 5.02. The lowest BCUT2D eigenvalue weighted by molar-refractivity contribution is 0.628. The van der Waals surface area contributed by atoms with E-state index in [1.54, 1.807) is 12.1 Å². The van der Waals surface area contributed by atoms with Gasteiger partial charge in [-0.25, -0.2) is 4.68 Å². The number of benzene rings is 1. The number of aromatic nitrogens is 2. The quantitative estimate of drug-likeness (QED) is 0.854. The van der Waals surface area contributed by atoms with Crippen molar-refractivity contribution in [3.63, 3.8) is 0 Å². The van der Waals surface area contributed by atoms with Crippen molar-refractivity contribution in [3.05, 3.63) is 61.4 Å². The Labute approximate surface area is 112 Å². The molecule has 0 N–H and O–H groups in total. The molecule has 0 fully saturated rings. The average molecular weight is 314 g/mol. The van der Waals surface area contributed by atoms with E-state index in [0.29, 0.717) is 11.6 Å². The van der Waals surface area contributed by atoms with E-state index in [0.717, 1.165) is 15.7 Å². The summed E-state index contributed by atoms with van der Waals surface area (Å²) < 4.78 is 2.32. The van der Waals surface area contributed by atoms with E-state index in [2.05, 4.69) is 21.0 Å². The average Bonchev–Trinajstić information content (AvgIpc) is 2.27. The van der Waals surface area contributed by atoms with Gasteiger partial charge in [-0.15, -0.1) is 0 Å². The van der Waals surface area contributed by atoms with Crippen LogP contribution in [0, 0.1) is 6.92 Å². The first-order chi connectivity index (χ1) is 8.06. The van der Waals surface area contributed by atoms with E-state index in [4.69, 9.17) is 11.6 Å². The Hall–Kier alpha value is -1.13. The first-order valence-corrected chi connectivity index (χ1v) is 6.22. The largest absolute Gasteiger partial charge is 0.268 e. The molecular weight excluding hydrogens is 304 g/mol. The van der Waals surface area contributed by atoms with Crippen molar-refractivity contribution in [1.29, 1.82) is 0 Å². The van der Waals surface area contributed by atoms with E-state index in [1.165, 1.54) is 10.7 Å². The molecule has 3 nitrogen and oxygen atoms in total. The summed E-state index contributed by atoms with van der Waals surface area (Å²) in [4.78, 5) is 11.6. The number of rotatable bonds is 2. The lowest BCUT2D eigenvalue weighted by Crippen LogP contribution is -2.23. The van der Waals surface area contributed by atoms with E-state index in [1.807, 2.05) is 19.1 Å². The minimum Gasteiger partial charge on any atom is -0.268 e. The zero-order valence-electron chi connectivity index (χ0n) is 9.15. The first kappa shape index (κ1) is 12.3. The molecule has 0 atom stereocenters. The van der Waals surface area contributed by atoms with Crippen LogP contribution in [0.3, 0.4) is 0 Å². The minimum atomic E-state index is -0.130. The van der Waals surface area contributed by atoms with Gasteiger partial charge in [0.25, 0.3) is 5.56 Å². The molecule has 0 radical (unpaired) electrons. The van der Waals surface area contributed by atoms with Crippen molar-refractivity contribution in [3.8, 4) is 0 Å². The zero-order valence-corrected chi connectivity index (χ0v) is 11.5. The minimum absolute atomic E-state index is 0.130. The Kier molecular flexibility index (Phi) is 3.64. The molecule has 17 heavy (non-hydrogen) atoms. The summed E-state index contributed by atoms with van der Waals surface area (Å²) >= 11 is 9.44.